The molecule has 4 heteroatoms. The Morgan fingerprint density at radius 2 is 1.89 bits per heavy atom. The molecule has 3 rings (SSSR count). The third kappa shape index (κ3) is 1.97. The summed E-state index contributed by atoms with van der Waals surface area (Å²) in [5.41, 5.74) is 7.78. The van der Waals surface area contributed by atoms with Crippen LogP contribution < -0.4 is 15.2 Å². The maximum absolute atomic E-state index is 5.88. The fourth-order valence-corrected chi connectivity index (χ4v) is 1.99. The number of ether oxygens (including phenoxy) is 2. The van der Waals surface area contributed by atoms with Gasteiger partial charge in [-0.2, -0.15) is 0 Å². The zero-order valence-electron chi connectivity index (χ0n) is 9.93. The molecule has 0 fully saturated rings. The highest BCUT2D eigenvalue weighted by atomic mass is 16.5. The number of pyridine rings is 1. The first-order valence-electron chi connectivity index (χ1n) is 5.95. The van der Waals surface area contributed by atoms with E-state index < -0.39 is 0 Å². The molecule has 1 aliphatic rings. The fraction of sp³-hybridized carbons (Fsp3) is 0.214. The van der Waals surface area contributed by atoms with E-state index in [1.165, 1.54) is 0 Å². The van der Waals surface area contributed by atoms with Crippen LogP contribution in [-0.2, 0) is 0 Å². The zero-order valence-corrected chi connectivity index (χ0v) is 9.93. The Morgan fingerprint density at radius 3 is 2.72 bits per heavy atom. The van der Waals surface area contributed by atoms with Gasteiger partial charge in [0, 0.05) is 18.2 Å². The minimum absolute atomic E-state index is 0.520. The molecule has 1 aromatic carbocycles. The van der Waals surface area contributed by atoms with E-state index in [1.807, 2.05) is 30.3 Å². The second-order valence-corrected chi connectivity index (χ2v) is 4.15. The summed E-state index contributed by atoms with van der Waals surface area (Å²) in [6.45, 7) is 1.38. The van der Waals surface area contributed by atoms with E-state index in [0.29, 0.717) is 19.0 Å². The van der Waals surface area contributed by atoms with E-state index in [4.69, 9.17) is 15.2 Å². The molecule has 18 heavy (non-hydrogen) atoms. The first-order chi connectivity index (χ1) is 8.84. The Labute approximate surface area is 105 Å². The number of nitrogen functional groups attached to an aromatic ring is 1. The molecule has 0 saturated carbocycles. The molecule has 0 unspecified atom stereocenters. The van der Waals surface area contributed by atoms with Crippen LogP contribution in [0.3, 0.4) is 0 Å². The predicted molar refractivity (Wildman–Crippen MR) is 69.7 cm³/mol. The number of anilines is 1. The molecule has 0 bridgehead atoms. The van der Waals surface area contributed by atoms with Gasteiger partial charge in [0.25, 0.3) is 0 Å². The van der Waals surface area contributed by atoms with Gasteiger partial charge in [-0.25, -0.2) is 4.98 Å². The molecule has 2 N–H and O–H groups in total. The minimum Gasteiger partial charge on any atom is -0.490 e. The highest BCUT2D eigenvalue weighted by molar-refractivity contribution is 5.75. The van der Waals surface area contributed by atoms with Gasteiger partial charge in [0.1, 0.15) is 5.82 Å². The maximum atomic E-state index is 5.88. The summed E-state index contributed by atoms with van der Waals surface area (Å²) >= 11 is 0. The van der Waals surface area contributed by atoms with Crippen LogP contribution in [0.1, 0.15) is 6.42 Å². The molecule has 0 atom stereocenters. The average Bonchev–Trinajstić information content (AvgIpc) is 2.63. The van der Waals surface area contributed by atoms with Gasteiger partial charge in [-0.3, -0.25) is 0 Å². The van der Waals surface area contributed by atoms with E-state index in [2.05, 4.69) is 4.98 Å². The molecule has 0 aliphatic carbocycles. The lowest BCUT2D eigenvalue weighted by molar-refractivity contribution is 0.297. The summed E-state index contributed by atoms with van der Waals surface area (Å²) < 4.78 is 11.3. The molecule has 0 saturated heterocycles. The Hall–Kier alpha value is -2.23. The summed E-state index contributed by atoms with van der Waals surface area (Å²) in [6, 6.07) is 9.66. The lowest BCUT2D eigenvalue weighted by Crippen LogP contribution is -1.97. The second-order valence-electron chi connectivity index (χ2n) is 4.15. The molecule has 92 valence electrons. The van der Waals surface area contributed by atoms with Crippen LogP contribution in [0.5, 0.6) is 11.5 Å². The lowest BCUT2D eigenvalue weighted by Gasteiger charge is -2.10. The van der Waals surface area contributed by atoms with Crippen molar-refractivity contribution in [3.63, 3.8) is 0 Å². The quantitative estimate of drug-likeness (QED) is 0.834. The fourth-order valence-electron chi connectivity index (χ4n) is 1.99. The third-order valence-electron chi connectivity index (χ3n) is 2.90. The van der Waals surface area contributed by atoms with E-state index >= 15 is 0 Å². The Bertz CT molecular complexity index is 569. The van der Waals surface area contributed by atoms with Crippen molar-refractivity contribution >= 4 is 5.82 Å². The molecule has 0 radical (unpaired) electrons. The van der Waals surface area contributed by atoms with Crippen molar-refractivity contribution < 1.29 is 9.47 Å². The SMILES string of the molecule is Nc1ncccc1-c1ccc2c(c1)OCCCO2. The number of fused-ring (bicyclic) bond motifs is 1. The van der Waals surface area contributed by atoms with E-state index in [-0.39, 0.29) is 0 Å². The summed E-state index contributed by atoms with van der Waals surface area (Å²) in [6.07, 6.45) is 2.58. The molecule has 2 heterocycles. The summed E-state index contributed by atoms with van der Waals surface area (Å²) in [7, 11) is 0. The second kappa shape index (κ2) is 4.56. The molecule has 0 spiro atoms. The normalized spacial score (nSPS) is 14.0. The van der Waals surface area contributed by atoms with Crippen molar-refractivity contribution in [1.29, 1.82) is 0 Å². The Balaban J connectivity index is 2.04. The zero-order chi connectivity index (χ0) is 12.4. The van der Waals surface area contributed by atoms with Crippen LogP contribution in [-0.4, -0.2) is 18.2 Å². The van der Waals surface area contributed by atoms with Gasteiger partial charge in [0.05, 0.1) is 13.2 Å². The van der Waals surface area contributed by atoms with Gasteiger partial charge in [0.2, 0.25) is 0 Å². The van der Waals surface area contributed by atoms with Gasteiger partial charge < -0.3 is 15.2 Å². The van der Waals surface area contributed by atoms with Gasteiger partial charge in [-0.15, -0.1) is 0 Å². The van der Waals surface area contributed by atoms with Crippen LogP contribution in [0.15, 0.2) is 36.5 Å². The summed E-state index contributed by atoms with van der Waals surface area (Å²) in [5, 5.41) is 0. The first kappa shape index (κ1) is 10.9. The topological polar surface area (TPSA) is 57.4 Å². The number of nitrogens with zero attached hydrogens (tertiary/aromatic N) is 1. The number of hydrogen-bond acceptors (Lipinski definition) is 4. The smallest absolute Gasteiger partial charge is 0.161 e. The minimum atomic E-state index is 0.520. The number of aromatic nitrogens is 1. The summed E-state index contributed by atoms with van der Waals surface area (Å²) in [5.74, 6) is 2.08. The Kier molecular flexibility index (Phi) is 2.76. The van der Waals surface area contributed by atoms with Crippen LogP contribution in [0, 0.1) is 0 Å². The largest absolute Gasteiger partial charge is 0.490 e. The molecule has 2 aromatic rings. The predicted octanol–water partition coefficient (Wildman–Crippen LogP) is 2.49. The van der Waals surface area contributed by atoms with E-state index in [0.717, 1.165) is 29.0 Å². The molecule has 1 aromatic heterocycles. The van der Waals surface area contributed by atoms with Gasteiger partial charge in [-0.1, -0.05) is 6.07 Å². The maximum Gasteiger partial charge on any atom is 0.161 e. The molecular weight excluding hydrogens is 228 g/mol. The first-order valence-corrected chi connectivity index (χ1v) is 5.95. The number of nitrogens with two attached hydrogens (primary N) is 1. The lowest BCUT2D eigenvalue weighted by atomic mass is 10.1. The molecule has 0 amide bonds. The van der Waals surface area contributed by atoms with Crippen LogP contribution >= 0.6 is 0 Å². The van der Waals surface area contributed by atoms with E-state index in [9.17, 15) is 0 Å². The average molecular weight is 242 g/mol. The standard InChI is InChI=1S/C14H14N2O2/c15-14-11(3-1-6-16-14)10-4-5-12-13(9-10)18-8-2-7-17-12/h1,3-6,9H,2,7-8H2,(H2,15,16). The van der Waals surface area contributed by atoms with Crippen molar-refractivity contribution in [3.05, 3.63) is 36.5 Å². The van der Waals surface area contributed by atoms with Crippen molar-refractivity contribution in [3.8, 4) is 22.6 Å². The Morgan fingerprint density at radius 1 is 1.06 bits per heavy atom. The van der Waals surface area contributed by atoms with Crippen molar-refractivity contribution in [2.24, 2.45) is 0 Å². The van der Waals surface area contributed by atoms with E-state index in [1.54, 1.807) is 6.20 Å². The van der Waals surface area contributed by atoms with Crippen molar-refractivity contribution in [1.82, 2.24) is 4.98 Å². The number of hydrogen-bond donors (Lipinski definition) is 1. The molecule has 1 aliphatic heterocycles. The summed E-state index contributed by atoms with van der Waals surface area (Å²) in [4.78, 5) is 4.09. The number of benzene rings is 1. The highest BCUT2D eigenvalue weighted by Gasteiger charge is 2.12. The van der Waals surface area contributed by atoms with Crippen LogP contribution in [0.4, 0.5) is 5.82 Å². The third-order valence-corrected chi connectivity index (χ3v) is 2.90. The number of rotatable bonds is 1. The molecular formula is C14H14N2O2. The van der Waals surface area contributed by atoms with Crippen molar-refractivity contribution in [2.75, 3.05) is 18.9 Å². The van der Waals surface area contributed by atoms with Gasteiger partial charge >= 0.3 is 0 Å². The van der Waals surface area contributed by atoms with Gasteiger partial charge in [0.15, 0.2) is 11.5 Å². The van der Waals surface area contributed by atoms with Crippen molar-refractivity contribution in [2.45, 2.75) is 6.42 Å². The van der Waals surface area contributed by atoms with Crippen LogP contribution in [0.25, 0.3) is 11.1 Å². The van der Waals surface area contributed by atoms with Gasteiger partial charge in [-0.05, 0) is 29.8 Å². The monoisotopic (exact) mass is 242 g/mol. The van der Waals surface area contributed by atoms with Crippen LogP contribution in [0.2, 0.25) is 0 Å². The highest BCUT2D eigenvalue weighted by Crippen LogP contribution is 2.35. The molecule has 4 nitrogen and oxygen atoms in total.